The van der Waals surface area contributed by atoms with E-state index >= 15 is 0 Å². The fourth-order valence-electron chi connectivity index (χ4n) is 10.3. The molecule has 5 heteroatoms. The Kier molecular flexibility index (Phi) is 8.29. The van der Waals surface area contributed by atoms with Crippen LogP contribution < -0.4 is 0 Å². The van der Waals surface area contributed by atoms with Gasteiger partial charge < -0.3 is 14.2 Å². The summed E-state index contributed by atoms with van der Waals surface area (Å²) in [6.07, 6.45) is 11.9. The van der Waals surface area contributed by atoms with Gasteiger partial charge in [-0.3, -0.25) is 4.74 Å². The lowest BCUT2D eigenvalue weighted by molar-refractivity contribution is -0.498. The standard InChI is InChI=1S/C30H51NO4/c1-8-21-18-22-25-15-14-23(20(2)12-11-17-31)29(25,4)19-26(35-30(32-5,33-6)34-7)27(22)28(3)16-10-9-13-24(21)28/h20-27H,8-16,18-19H2,1-7H3/t20-,21+,22+,23-,24+,25+,26+,27-,28+,29-/m1/s1. The third-order valence-corrected chi connectivity index (χ3v) is 11.7. The molecule has 0 aromatic carbocycles. The molecular formula is C30H51NO4. The molecule has 0 unspecified atom stereocenters. The van der Waals surface area contributed by atoms with Gasteiger partial charge in [0.05, 0.1) is 12.2 Å². The van der Waals surface area contributed by atoms with Crippen molar-refractivity contribution in [1.29, 1.82) is 5.26 Å². The molecule has 0 bridgehead atoms. The van der Waals surface area contributed by atoms with E-state index in [0.717, 1.165) is 30.6 Å². The van der Waals surface area contributed by atoms with Crippen LogP contribution in [-0.4, -0.2) is 33.6 Å². The minimum atomic E-state index is -1.46. The molecule has 4 aliphatic carbocycles. The first-order valence-corrected chi connectivity index (χ1v) is 14.4. The lowest BCUT2D eigenvalue weighted by Gasteiger charge is -2.65. The molecule has 0 aliphatic heterocycles. The van der Waals surface area contributed by atoms with Gasteiger partial charge in [0.1, 0.15) is 0 Å². The molecule has 0 aromatic heterocycles. The van der Waals surface area contributed by atoms with E-state index in [-0.39, 0.29) is 11.5 Å². The summed E-state index contributed by atoms with van der Waals surface area (Å²) in [6.45, 7) is 9.96. The van der Waals surface area contributed by atoms with Crippen molar-refractivity contribution in [2.24, 2.45) is 52.3 Å². The van der Waals surface area contributed by atoms with Crippen LogP contribution in [0.3, 0.4) is 0 Å². The van der Waals surface area contributed by atoms with Gasteiger partial charge >= 0.3 is 6.16 Å². The highest BCUT2D eigenvalue weighted by molar-refractivity contribution is 5.13. The smallest absolute Gasteiger partial charge is 0.307 e. The van der Waals surface area contributed by atoms with E-state index in [0.29, 0.717) is 35.5 Å². The van der Waals surface area contributed by atoms with Crippen molar-refractivity contribution in [2.75, 3.05) is 21.3 Å². The Labute approximate surface area is 214 Å². The monoisotopic (exact) mass is 489 g/mol. The third-order valence-electron chi connectivity index (χ3n) is 11.7. The molecule has 0 aromatic rings. The van der Waals surface area contributed by atoms with Crippen LogP contribution in [0.25, 0.3) is 0 Å². The normalized spacial score (nSPS) is 44.1. The lowest BCUT2D eigenvalue weighted by Crippen LogP contribution is -2.62. The highest BCUT2D eigenvalue weighted by Gasteiger charge is 2.65. The quantitative estimate of drug-likeness (QED) is 0.322. The first kappa shape index (κ1) is 27.4. The number of hydrogen-bond donors (Lipinski definition) is 0. The molecule has 10 atom stereocenters. The van der Waals surface area contributed by atoms with E-state index < -0.39 is 6.16 Å². The minimum Gasteiger partial charge on any atom is -0.307 e. The second kappa shape index (κ2) is 10.6. The number of rotatable bonds is 9. The molecular weight excluding hydrogens is 438 g/mol. The second-order valence-corrected chi connectivity index (χ2v) is 12.9. The zero-order chi connectivity index (χ0) is 25.4. The predicted octanol–water partition coefficient (Wildman–Crippen LogP) is 7.16. The van der Waals surface area contributed by atoms with Gasteiger partial charge in [-0.15, -0.1) is 0 Å². The Morgan fingerprint density at radius 1 is 1.00 bits per heavy atom. The molecule has 0 saturated heterocycles. The molecule has 0 radical (unpaired) electrons. The SMILES string of the molecule is CC[C@H]1C[C@@H]2[C@H]([C@@H](OC(OC)(OC)OC)C[C@]3(C)[C@@H]([C@H](C)CCC#N)CC[C@@H]23)[C@@]2(C)CCCC[C@@H]12. The van der Waals surface area contributed by atoms with E-state index in [4.69, 9.17) is 18.9 Å². The van der Waals surface area contributed by atoms with Crippen LogP contribution in [0.1, 0.15) is 98.3 Å². The fraction of sp³-hybridized carbons (Fsp3) is 0.967. The Morgan fingerprint density at radius 2 is 1.71 bits per heavy atom. The number of fused-ring (bicyclic) bond motifs is 5. The summed E-state index contributed by atoms with van der Waals surface area (Å²) in [4.78, 5) is 0. The molecule has 0 spiro atoms. The average molecular weight is 490 g/mol. The summed E-state index contributed by atoms with van der Waals surface area (Å²) >= 11 is 0. The third kappa shape index (κ3) is 4.49. The molecule has 4 aliphatic rings. The number of nitrogens with zero attached hydrogens (tertiary/aromatic N) is 1. The van der Waals surface area contributed by atoms with Crippen LogP contribution in [0, 0.1) is 63.6 Å². The number of methoxy groups -OCH3 is 3. The van der Waals surface area contributed by atoms with Gasteiger partial charge in [0.25, 0.3) is 0 Å². The van der Waals surface area contributed by atoms with Crippen molar-refractivity contribution in [2.45, 2.75) is 111 Å². The van der Waals surface area contributed by atoms with Crippen LogP contribution >= 0.6 is 0 Å². The van der Waals surface area contributed by atoms with Crippen molar-refractivity contribution in [3.05, 3.63) is 0 Å². The van der Waals surface area contributed by atoms with Crippen molar-refractivity contribution >= 4 is 0 Å². The Balaban J connectivity index is 1.75. The van der Waals surface area contributed by atoms with E-state index in [9.17, 15) is 5.26 Å². The number of nitriles is 1. The Hall–Kier alpha value is -0.670. The Morgan fingerprint density at radius 3 is 2.34 bits per heavy atom. The molecule has 35 heavy (non-hydrogen) atoms. The number of ether oxygens (including phenoxy) is 4. The van der Waals surface area contributed by atoms with E-state index in [1.807, 2.05) is 0 Å². The molecule has 0 heterocycles. The predicted molar refractivity (Wildman–Crippen MR) is 137 cm³/mol. The van der Waals surface area contributed by atoms with E-state index in [2.05, 4.69) is 33.8 Å². The summed E-state index contributed by atoms with van der Waals surface area (Å²) in [5.41, 5.74) is 0.497. The van der Waals surface area contributed by atoms with Crippen molar-refractivity contribution < 1.29 is 18.9 Å². The molecule has 4 fully saturated rings. The molecule has 200 valence electrons. The van der Waals surface area contributed by atoms with Gasteiger partial charge in [-0.1, -0.05) is 47.0 Å². The number of hydrogen-bond acceptors (Lipinski definition) is 5. The van der Waals surface area contributed by atoms with Gasteiger partial charge in [0, 0.05) is 27.8 Å². The maximum absolute atomic E-state index is 9.24. The fourth-order valence-corrected chi connectivity index (χ4v) is 10.3. The maximum Gasteiger partial charge on any atom is 0.412 e. The van der Waals surface area contributed by atoms with Gasteiger partial charge in [0.2, 0.25) is 0 Å². The lowest BCUT2D eigenvalue weighted by atomic mass is 9.41. The van der Waals surface area contributed by atoms with Crippen molar-refractivity contribution in [1.82, 2.24) is 0 Å². The molecule has 4 rings (SSSR count). The van der Waals surface area contributed by atoms with Gasteiger partial charge in [-0.2, -0.15) is 5.26 Å². The van der Waals surface area contributed by atoms with Gasteiger partial charge in [-0.05, 0) is 97.2 Å². The van der Waals surface area contributed by atoms with E-state index in [1.165, 1.54) is 51.4 Å². The average Bonchev–Trinajstić information content (AvgIpc) is 3.21. The summed E-state index contributed by atoms with van der Waals surface area (Å²) in [6, 6.07) is 2.39. The minimum absolute atomic E-state index is 0.0354. The van der Waals surface area contributed by atoms with Gasteiger partial charge in [0.15, 0.2) is 0 Å². The van der Waals surface area contributed by atoms with Gasteiger partial charge in [-0.25, -0.2) is 0 Å². The van der Waals surface area contributed by atoms with Crippen molar-refractivity contribution in [3.8, 4) is 6.07 Å². The summed E-state index contributed by atoms with van der Waals surface area (Å²) in [5, 5.41) is 9.24. The molecule has 0 N–H and O–H groups in total. The van der Waals surface area contributed by atoms with Crippen LogP contribution in [0.4, 0.5) is 0 Å². The van der Waals surface area contributed by atoms with Crippen LogP contribution in [0.2, 0.25) is 0 Å². The first-order valence-electron chi connectivity index (χ1n) is 14.4. The second-order valence-electron chi connectivity index (χ2n) is 12.9. The zero-order valence-corrected chi connectivity index (χ0v) is 23.5. The topological polar surface area (TPSA) is 60.7 Å². The largest absolute Gasteiger partial charge is 0.412 e. The summed E-state index contributed by atoms with van der Waals surface area (Å²) in [5.74, 6) is 4.69. The Bertz CT molecular complexity index is 754. The molecule has 4 saturated carbocycles. The highest BCUT2D eigenvalue weighted by atomic mass is 17.0. The van der Waals surface area contributed by atoms with Crippen molar-refractivity contribution in [3.63, 3.8) is 0 Å². The van der Waals surface area contributed by atoms with Crippen LogP contribution in [0.5, 0.6) is 0 Å². The molecule has 5 nitrogen and oxygen atoms in total. The van der Waals surface area contributed by atoms with Crippen LogP contribution in [-0.2, 0) is 18.9 Å². The molecule has 0 amide bonds. The maximum atomic E-state index is 9.24. The van der Waals surface area contributed by atoms with Crippen LogP contribution in [0.15, 0.2) is 0 Å². The summed E-state index contributed by atoms with van der Waals surface area (Å²) in [7, 11) is 4.83. The zero-order valence-electron chi connectivity index (χ0n) is 23.5. The first-order chi connectivity index (χ1) is 16.7. The highest BCUT2D eigenvalue weighted by Crippen LogP contribution is 2.70. The van der Waals surface area contributed by atoms with E-state index in [1.54, 1.807) is 21.3 Å². The summed E-state index contributed by atoms with van der Waals surface area (Å²) < 4.78 is 23.9.